The lowest BCUT2D eigenvalue weighted by molar-refractivity contribution is -0.127. The summed E-state index contributed by atoms with van der Waals surface area (Å²) in [6, 6.07) is 0. The molecule has 0 spiro atoms. The minimum absolute atomic E-state index is 0.197. The van der Waals surface area contributed by atoms with Crippen LogP contribution in [-0.2, 0) is 9.59 Å². The Morgan fingerprint density at radius 1 is 0.941 bits per heavy atom. The van der Waals surface area contributed by atoms with Crippen LogP contribution < -0.4 is 11.1 Å². The third-order valence-corrected chi connectivity index (χ3v) is 2.69. The lowest BCUT2D eigenvalue weighted by atomic mass is 10.1. The van der Waals surface area contributed by atoms with E-state index in [1.54, 1.807) is 0 Å². The first-order chi connectivity index (χ1) is 8.16. The Morgan fingerprint density at radius 3 is 2.00 bits per heavy atom. The summed E-state index contributed by atoms with van der Waals surface area (Å²) < 4.78 is 0. The normalized spacial score (nSPS) is 10.2. The summed E-state index contributed by atoms with van der Waals surface area (Å²) in [5.41, 5.74) is 4.90. The Balaban J connectivity index is 3.13. The average Bonchev–Trinajstić information content (AvgIpc) is 2.26. The highest BCUT2D eigenvalue weighted by molar-refractivity contribution is 5.95. The summed E-state index contributed by atoms with van der Waals surface area (Å²) in [7, 11) is 0. The van der Waals surface area contributed by atoms with Gasteiger partial charge in [-0.25, -0.2) is 0 Å². The first kappa shape index (κ1) is 15.9. The molecule has 0 bridgehead atoms. The Morgan fingerprint density at radius 2 is 1.47 bits per heavy atom. The van der Waals surface area contributed by atoms with Gasteiger partial charge in [-0.2, -0.15) is 0 Å². The van der Waals surface area contributed by atoms with Crippen LogP contribution in [0.2, 0.25) is 0 Å². The minimum atomic E-state index is -0.571. The Labute approximate surface area is 104 Å². The van der Waals surface area contributed by atoms with Crippen molar-refractivity contribution in [3.63, 3.8) is 0 Å². The van der Waals surface area contributed by atoms with Crippen molar-refractivity contribution < 1.29 is 9.59 Å². The SMILES string of the molecule is CCCCCCCCCCNC(=O)CC(N)=O. The molecule has 0 atom stereocenters. The first-order valence-electron chi connectivity index (χ1n) is 6.71. The molecular formula is C13H26N2O2. The number of nitrogens with two attached hydrogens (primary N) is 1. The molecule has 0 unspecified atom stereocenters. The van der Waals surface area contributed by atoms with Crippen molar-refractivity contribution in [3.8, 4) is 0 Å². The van der Waals surface area contributed by atoms with Crippen LogP contribution in [0.4, 0.5) is 0 Å². The summed E-state index contributed by atoms with van der Waals surface area (Å²) in [5, 5.41) is 2.69. The van der Waals surface area contributed by atoms with Crippen molar-refractivity contribution in [3.05, 3.63) is 0 Å². The zero-order valence-electron chi connectivity index (χ0n) is 11.0. The van der Waals surface area contributed by atoms with Gasteiger partial charge >= 0.3 is 0 Å². The first-order valence-corrected chi connectivity index (χ1v) is 6.71. The molecule has 4 heteroatoms. The summed E-state index contributed by atoms with van der Waals surface area (Å²) in [5.74, 6) is -0.834. The number of rotatable bonds is 11. The average molecular weight is 242 g/mol. The molecule has 0 radical (unpaired) electrons. The van der Waals surface area contributed by atoms with Gasteiger partial charge < -0.3 is 11.1 Å². The van der Waals surface area contributed by atoms with Gasteiger partial charge in [0.25, 0.3) is 0 Å². The molecule has 0 aromatic heterocycles. The van der Waals surface area contributed by atoms with Gasteiger partial charge in [-0.05, 0) is 6.42 Å². The van der Waals surface area contributed by atoms with E-state index in [0.29, 0.717) is 6.54 Å². The van der Waals surface area contributed by atoms with Crippen molar-refractivity contribution >= 4 is 11.8 Å². The van der Waals surface area contributed by atoms with Crippen LogP contribution in [-0.4, -0.2) is 18.4 Å². The largest absolute Gasteiger partial charge is 0.369 e. The standard InChI is InChI=1S/C13H26N2O2/c1-2-3-4-5-6-7-8-9-10-15-13(17)11-12(14)16/h2-11H2,1H3,(H2,14,16)(H,15,17). The molecule has 0 rings (SSSR count). The lowest BCUT2D eigenvalue weighted by Gasteiger charge is -2.04. The quantitative estimate of drug-likeness (QED) is 0.430. The van der Waals surface area contributed by atoms with E-state index in [1.165, 1.54) is 38.5 Å². The number of carbonyl (C=O) groups is 2. The summed E-state index contributed by atoms with van der Waals surface area (Å²) in [4.78, 5) is 21.5. The van der Waals surface area contributed by atoms with Crippen LogP contribution >= 0.6 is 0 Å². The molecule has 0 heterocycles. The minimum Gasteiger partial charge on any atom is -0.369 e. The van der Waals surface area contributed by atoms with Gasteiger partial charge in [0.15, 0.2) is 0 Å². The number of carbonyl (C=O) groups excluding carboxylic acids is 2. The third-order valence-electron chi connectivity index (χ3n) is 2.69. The smallest absolute Gasteiger partial charge is 0.229 e. The van der Waals surface area contributed by atoms with Gasteiger partial charge in [0.2, 0.25) is 11.8 Å². The zero-order chi connectivity index (χ0) is 12.9. The fourth-order valence-electron chi connectivity index (χ4n) is 1.71. The molecule has 100 valence electrons. The van der Waals surface area contributed by atoms with E-state index in [0.717, 1.165) is 12.8 Å². The van der Waals surface area contributed by atoms with Gasteiger partial charge in [-0.15, -0.1) is 0 Å². The molecule has 2 amide bonds. The molecule has 0 aromatic carbocycles. The van der Waals surface area contributed by atoms with Crippen LogP contribution in [0.5, 0.6) is 0 Å². The number of unbranched alkanes of at least 4 members (excludes halogenated alkanes) is 7. The maximum Gasteiger partial charge on any atom is 0.229 e. The predicted molar refractivity (Wildman–Crippen MR) is 69.4 cm³/mol. The predicted octanol–water partition coefficient (Wildman–Crippen LogP) is 2.12. The number of primary amides is 1. The summed E-state index contributed by atoms with van der Waals surface area (Å²) in [6.45, 7) is 2.87. The molecule has 0 aliphatic heterocycles. The number of amides is 2. The van der Waals surface area contributed by atoms with Crippen molar-refractivity contribution in [1.82, 2.24) is 5.32 Å². The highest BCUT2D eigenvalue weighted by Gasteiger charge is 2.03. The van der Waals surface area contributed by atoms with Crippen molar-refractivity contribution in [2.24, 2.45) is 5.73 Å². The summed E-state index contributed by atoms with van der Waals surface area (Å²) >= 11 is 0. The molecular weight excluding hydrogens is 216 g/mol. The molecule has 0 saturated heterocycles. The monoisotopic (exact) mass is 242 g/mol. The maximum absolute atomic E-state index is 11.0. The fraction of sp³-hybridized carbons (Fsp3) is 0.846. The number of nitrogens with one attached hydrogen (secondary N) is 1. The zero-order valence-corrected chi connectivity index (χ0v) is 11.0. The van der Waals surface area contributed by atoms with E-state index in [1.807, 2.05) is 0 Å². The van der Waals surface area contributed by atoms with Gasteiger partial charge in [-0.3, -0.25) is 9.59 Å². The van der Waals surface area contributed by atoms with E-state index in [4.69, 9.17) is 5.73 Å². The van der Waals surface area contributed by atoms with E-state index in [9.17, 15) is 9.59 Å². The molecule has 0 saturated carbocycles. The number of hydrogen-bond donors (Lipinski definition) is 2. The summed E-state index contributed by atoms with van der Waals surface area (Å²) in [6.07, 6.45) is 9.73. The molecule has 0 fully saturated rings. The molecule has 3 N–H and O–H groups in total. The second kappa shape index (κ2) is 11.4. The van der Waals surface area contributed by atoms with E-state index in [-0.39, 0.29) is 12.3 Å². The Bertz CT molecular complexity index is 217. The van der Waals surface area contributed by atoms with Gasteiger partial charge in [0.1, 0.15) is 6.42 Å². The molecule has 17 heavy (non-hydrogen) atoms. The van der Waals surface area contributed by atoms with Crippen LogP contribution in [0.1, 0.15) is 64.7 Å². The van der Waals surface area contributed by atoms with E-state index < -0.39 is 5.91 Å². The van der Waals surface area contributed by atoms with Crippen molar-refractivity contribution in [2.75, 3.05) is 6.54 Å². The lowest BCUT2D eigenvalue weighted by Crippen LogP contribution is -2.29. The van der Waals surface area contributed by atoms with Crippen LogP contribution in [0, 0.1) is 0 Å². The van der Waals surface area contributed by atoms with Gasteiger partial charge in [0.05, 0.1) is 0 Å². The van der Waals surface area contributed by atoms with Crippen LogP contribution in [0.15, 0.2) is 0 Å². The van der Waals surface area contributed by atoms with Gasteiger partial charge in [0, 0.05) is 6.54 Å². The van der Waals surface area contributed by atoms with E-state index >= 15 is 0 Å². The fourth-order valence-corrected chi connectivity index (χ4v) is 1.71. The maximum atomic E-state index is 11.0. The number of hydrogen-bond acceptors (Lipinski definition) is 2. The molecule has 4 nitrogen and oxygen atoms in total. The molecule has 0 aliphatic carbocycles. The Hall–Kier alpha value is -1.06. The van der Waals surface area contributed by atoms with E-state index in [2.05, 4.69) is 12.2 Å². The topological polar surface area (TPSA) is 72.2 Å². The van der Waals surface area contributed by atoms with Crippen LogP contribution in [0.3, 0.4) is 0 Å². The highest BCUT2D eigenvalue weighted by Crippen LogP contribution is 2.07. The third kappa shape index (κ3) is 12.9. The van der Waals surface area contributed by atoms with Gasteiger partial charge in [-0.1, -0.05) is 51.9 Å². The van der Waals surface area contributed by atoms with Crippen molar-refractivity contribution in [1.29, 1.82) is 0 Å². The molecule has 0 aromatic rings. The van der Waals surface area contributed by atoms with Crippen LogP contribution in [0.25, 0.3) is 0 Å². The Kier molecular flexibility index (Phi) is 10.7. The second-order valence-corrected chi connectivity index (χ2v) is 4.47. The second-order valence-electron chi connectivity index (χ2n) is 4.47. The molecule has 0 aliphatic rings. The highest BCUT2D eigenvalue weighted by atomic mass is 16.2. The van der Waals surface area contributed by atoms with Crippen molar-refractivity contribution in [2.45, 2.75) is 64.7 Å².